The first kappa shape index (κ1) is 16.2. The summed E-state index contributed by atoms with van der Waals surface area (Å²) in [7, 11) is 1.66. The average molecular weight is 297 g/mol. The molecule has 0 bridgehead atoms. The van der Waals surface area contributed by atoms with Gasteiger partial charge in [0.1, 0.15) is 18.2 Å². The molecule has 2 rings (SSSR count). The number of ether oxygens (including phenoxy) is 3. The van der Waals surface area contributed by atoms with Gasteiger partial charge >= 0.3 is 0 Å². The van der Waals surface area contributed by atoms with Crippen molar-refractivity contribution in [3.63, 3.8) is 0 Å². The first-order chi connectivity index (χ1) is 10.3. The molecule has 0 saturated carbocycles. The van der Waals surface area contributed by atoms with E-state index in [0.717, 1.165) is 37.3 Å². The van der Waals surface area contributed by atoms with Crippen LogP contribution in [0, 0.1) is 5.82 Å². The Morgan fingerprint density at radius 2 is 2.29 bits per heavy atom. The molecule has 1 atom stereocenters. The molecule has 118 valence electrons. The Labute approximate surface area is 125 Å². The first-order valence-electron chi connectivity index (χ1n) is 7.52. The minimum Gasteiger partial charge on any atom is -0.491 e. The van der Waals surface area contributed by atoms with Gasteiger partial charge in [-0.2, -0.15) is 0 Å². The summed E-state index contributed by atoms with van der Waals surface area (Å²) in [5.74, 6) is 0.468. The van der Waals surface area contributed by atoms with Gasteiger partial charge in [-0.05, 0) is 37.5 Å². The fraction of sp³-hybridized carbons (Fsp3) is 0.625. The fourth-order valence-corrected chi connectivity index (χ4v) is 2.35. The van der Waals surface area contributed by atoms with Crippen molar-refractivity contribution in [3.8, 4) is 5.75 Å². The molecule has 0 radical (unpaired) electrons. The van der Waals surface area contributed by atoms with Crippen molar-refractivity contribution in [3.05, 3.63) is 29.6 Å². The molecule has 5 heteroatoms. The van der Waals surface area contributed by atoms with Crippen LogP contribution in [-0.2, 0) is 16.0 Å². The zero-order valence-electron chi connectivity index (χ0n) is 12.6. The Bertz CT molecular complexity index is 422. The molecular weight excluding hydrogens is 273 g/mol. The predicted octanol–water partition coefficient (Wildman–Crippen LogP) is 2.51. The quantitative estimate of drug-likeness (QED) is 0.749. The number of nitrogens with one attached hydrogen (secondary N) is 1. The monoisotopic (exact) mass is 297 g/mol. The van der Waals surface area contributed by atoms with Crippen LogP contribution in [0.4, 0.5) is 4.39 Å². The van der Waals surface area contributed by atoms with E-state index >= 15 is 0 Å². The molecule has 0 spiro atoms. The van der Waals surface area contributed by atoms with E-state index in [2.05, 4.69) is 5.32 Å². The summed E-state index contributed by atoms with van der Waals surface area (Å²) in [6.07, 6.45) is 3.49. The highest BCUT2D eigenvalue weighted by Crippen LogP contribution is 2.21. The van der Waals surface area contributed by atoms with Gasteiger partial charge in [0.2, 0.25) is 0 Å². The molecule has 1 unspecified atom stereocenters. The lowest BCUT2D eigenvalue weighted by atomic mass is 10.1. The number of halogens is 1. The predicted molar refractivity (Wildman–Crippen MR) is 79.1 cm³/mol. The second-order valence-electron chi connectivity index (χ2n) is 5.22. The lowest BCUT2D eigenvalue weighted by Crippen LogP contribution is -2.26. The zero-order chi connectivity index (χ0) is 14.9. The molecular formula is C16H24FNO3. The Morgan fingerprint density at radius 3 is 3.05 bits per heavy atom. The maximum atomic E-state index is 13.4. The molecule has 1 aliphatic heterocycles. The van der Waals surface area contributed by atoms with E-state index in [1.807, 2.05) is 0 Å². The number of hydrogen-bond acceptors (Lipinski definition) is 4. The van der Waals surface area contributed by atoms with Crippen LogP contribution in [-0.4, -0.2) is 39.6 Å². The highest BCUT2D eigenvalue weighted by molar-refractivity contribution is 5.34. The summed E-state index contributed by atoms with van der Waals surface area (Å²) < 4.78 is 29.8. The van der Waals surface area contributed by atoms with Crippen molar-refractivity contribution in [2.75, 3.05) is 33.5 Å². The SMILES string of the molecule is COCCNCc1cc(F)ccc1OCC1CCCCO1. The van der Waals surface area contributed by atoms with Gasteiger partial charge < -0.3 is 19.5 Å². The van der Waals surface area contributed by atoms with Crippen LogP contribution in [0.2, 0.25) is 0 Å². The molecule has 1 aromatic rings. The molecule has 0 aromatic heterocycles. The van der Waals surface area contributed by atoms with Gasteiger partial charge in [0.05, 0.1) is 12.7 Å². The van der Waals surface area contributed by atoms with Crippen molar-refractivity contribution in [1.82, 2.24) is 5.32 Å². The standard InChI is InChI=1S/C16H24FNO3/c1-19-9-7-18-11-13-10-14(17)5-6-16(13)21-12-15-4-2-3-8-20-15/h5-6,10,15,18H,2-4,7-9,11-12H2,1H3. The van der Waals surface area contributed by atoms with Crippen LogP contribution in [0.3, 0.4) is 0 Å². The Balaban J connectivity index is 1.87. The van der Waals surface area contributed by atoms with Crippen molar-refractivity contribution in [2.45, 2.75) is 31.9 Å². The topological polar surface area (TPSA) is 39.7 Å². The van der Waals surface area contributed by atoms with Gasteiger partial charge in [-0.15, -0.1) is 0 Å². The van der Waals surface area contributed by atoms with Crippen LogP contribution in [0.1, 0.15) is 24.8 Å². The number of hydrogen-bond donors (Lipinski definition) is 1. The smallest absolute Gasteiger partial charge is 0.124 e. The van der Waals surface area contributed by atoms with Gasteiger partial charge in [0, 0.05) is 32.4 Å². The van der Waals surface area contributed by atoms with Crippen LogP contribution >= 0.6 is 0 Å². The zero-order valence-corrected chi connectivity index (χ0v) is 12.6. The van der Waals surface area contributed by atoms with Crippen LogP contribution in [0.5, 0.6) is 5.75 Å². The fourth-order valence-electron chi connectivity index (χ4n) is 2.35. The summed E-state index contributed by atoms with van der Waals surface area (Å²) in [4.78, 5) is 0. The normalized spacial score (nSPS) is 18.7. The van der Waals surface area contributed by atoms with E-state index < -0.39 is 0 Å². The maximum Gasteiger partial charge on any atom is 0.124 e. The second kappa shape index (κ2) is 8.97. The highest BCUT2D eigenvalue weighted by Gasteiger charge is 2.15. The summed E-state index contributed by atoms with van der Waals surface area (Å²) in [5, 5.41) is 3.21. The molecule has 1 heterocycles. The third kappa shape index (κ3) is 5.61. The van der Waals surface area contributed by atoms with Gasteiger partial charge in [-0.25, -0.2) is 4.39 Å². The Hall–Kier alpha value is -1.17. The molecule has 1 N–H and O–H groups in total. The Kier molecular flexibility index (Phi) is 6.92. The first-order valence-corrected chi connectivity index (χ1v) is 7.52. The van der Waals surface area contributed by atoms with Gasteiger partial charge in [0.15, 0.2) is 0 Å². The van der Waals surface area contributed by atoms with E-state index in [4.69, 9.17) is 14.2 Å². The lowest BCUT2D eigenvalue weighted by Gasteiger charge is -2.23. The molecule has 0 amide bonds. The third-order valence-corrected chi connectivity index (χ3v) is 3.52. The van der Waals surface area contributed by atoms with Crippen molar-refractivity contribution >= 4 is 0 Å². The summed E-state index contributed by atoms with van der Waals surface area (Å²) in [6, 6.07) is 4.62. The minimum atomic E-state index is -0.250. The second-order valence-corrected chi connectivity index (χ2v) is 5.22. The molecule has 1 saturated heterocycles. The van der Waals surface area contributed by atoms with Gasteiger partial charge in [-0.3, -0.25) is 0 Å². The van der Waals surface area contributed by atoms with Crippen LogP contribution < -0.4 is 10.1 Å². The molecule has 4 nitrogen and oxygen atoms in total. The summed E-state index contributed by atoms with van der Waals surface area (Å²) >= 11 is 0. The van der Waals surface area contributed by atoms with Crippen LogP contribution in [0.25, 0.3) is 0 Å². The molecule has 21 heavy (non-hydrogen) atoms. The van der Waals surface area contributed by atoms with Crippen molar-refractivity contribution < 1.29 is 18.6 Å². The van der Waals surface area contributed by atoms with E-state index in [0.29, 0.717) is 19.8 Å². The van der Waals surface area contributed by atoms with Crippen molar-refractivity contribution in [1.29, 1.82) is 0 Å². The molecule has 1 aliphatic rings. The van der Waals surface area contributed by atoms with Crippen LogP contribution in [0.15, 0.2) is 18.2 Å². The minimum absolute atomic E-state index is 0.151. The number of benzene rings is 1. The lowest BCUT2D eigenvalue weighted by molar-refractivity contribution is -0.0112. The third-order valence-electron chi connectivity index (χ3n) is 3.52. The molecule has 1 fully saturated rings. The highest BCUT2D eigenvalue weighted by atomic mass is 19.1. The summed E-state index contributed by atoms with van der Waals surface area (Å²) in [5.41, 5.74) is 0.821. The number of methoxy groups -OCH3 is 1. The van der Waals surface area contributed by atoms with Gasteiger partial charge in [0.25, 0.3) is 0 Å². The summed E-state index contributed by atoms with van der Waals surface area (Å²) in [6.45, 7) is 3.24. The Morgan fingerprint density at radius 1 is 1.38 bits per heavy atom. The van der Waals surface area contributed by atoms with Gasteiger partial charge in [-0.1, -0.05) is 0 Å². The largest absolute Gasteiger partial charge is 0.491 e. The molecule has 0 aliphatic carbocycles. The van der Waals surface area contributed by atoms with E-state index in [9.17, 15) is 4.39 Å². The molecule has 1 aromatic carbocycles. The number of rotatable bonds is 8. The average Bonchev–Trinajstić information content (AvgIpc) is 2.52. The van der Waals surface area contributed by atoms with Crippen molar-refractivity contribution in [2.24, 2.45) is 0 Å². The maximum absolute atomic E-state index is 13.4. The van der Waals surface area contributed by atoms with E-state index in [-0.39, 0.29) is 11.9 Å². The van der Waals surface area contributed by atoms with E-state index in [1.165, 1.54) is 18.6 Å². The van der Waals surface area contributed by atoms with E-state index in [1.54, 1.807) is 13.2 Å².